The van der Waals surface area contributed by atoms with Crippen LogP contribution in [0.5, 0.6) is 0 Å². The van der Waals surface area contributed by atoms with E-state index in [1.807, 2.05) is 12.1 Å². The molecule has 1 aromatic carbocycles. The third-order valence-electron chi connectivity index (χ3n) is 5.07. The van der Waals surface area contributed by atoms with Crippen molar-refractivity contribution in [3.8, 4) is 0 Å². The highest BCUT2D eigenvalue weighted by molar-refractivity contribution is 7.89. The van der Waals surface area contributed by atoms with Gasteiger partial charge >= 0.3 is 0 Å². The van der Waals surface area contributed by atoms with Crippen molar-refractivity contribution in [3.05, 3.63) is 36.5 Å². The van der Waals surface area contributed by atoms with E-state index in [0.717, 1.165) is 30.8 Å². The highest BCUT2D eigenvalue weighted by atomic mass is 32.2. The Hall–Kier alpha value is -1.50. The third kappa shape index (κ3) is 3.18. The van der Waals surface area contributed by atoms with Crippen molar-refractivity contribution in [2.45, 2.75) is 36.6 Å². The van der Waals surface area contributed by atoms with Crippen molar-refractivity contribution >= 4 is 20.9 Å². The van der Waals surface area contributed by atoms with Crippen molar-refractivity contribution < 1.29 is 8.42 Å². The van der Waals surface area contributed by atoms with E-state index in [9.17, 15) is 8.42 Å². The molecule has 0 radical (unpaired) electrons. The van der Waals surface area contributed by atoms with Crippen molar-refractivity contribution in [1.29, 1.82) is 0 Å². The van der Waals surface area contributed by atoms with Crippen molar-refractivity contribution in [3.63, 3.8) is 0 Å². The average molecular weight is 345 g/mol. The molecular weight excluding hydrogens is 322 g/mol. The normalized spacial score (nSPS) is 20.5. The number of rotatable bonds is 5. The van der Waals surface area contributed by atoms with Gasteiger partial charge in [-0.05, 0) is 62.4 Å². The summed E-state index contributed by atoms with van der Waals surface area (Å²) in [7, 11) is -3.47. The molecule has 24 heavy (non-hydrogen) atoms. The quantitative estimate of drug-likeness (QED) is 0.904. The van der Waals surface area contributed by atoms with E-state index in [1.165, 1.54) is 12.8 Å². The summed E-state index contributed by atoms with van der Waals surface area (Å²) < 4.78 is 27.8. The summed E-state index contributed by atoms with van der Waals surface area (Å²) in [6.45, 7) is 2.26. The lowest BCUT2D eigenvalue weighted by Gasteiger charge is -2.32. The van der Waals surface area contributed by atoms with Gasteiger partial charge in [-0.3, -0.25) is 4.98 Å². The molecule has 0 bridgehead atoms. The predicted octanol–water partition coefficient (Wildman–Crippen LogP) is 2.39. The fourth-order valence-electron chi connectivity index (χ4n) is 3.39. The smallest absolute Gasteiger partial charge is 0.243 e. The Morgan fingerprint density at radius 1 is 1.08 bits per heavy atom. The summed E-state index contributed by atoms with van der Waals surface area (Å²) in [5, 5.41) is 4.30. The summed E-state index contributed by atoms with van der Waals surface area (Å²) in [5.41, 5.74) is 0.722. The van der Waals surface area contributed by atoms with E-state index in [1.54, 1.807) is 28.7 Å². The predicted molar refractivity (Wildman–Crippen MR) is 94.3 cm³/mol. The van der Waals surface area contributed by atoms with E-state index in [4.69, 9.17) is 0 Å². The Morgan fingerprint density at radius 3 is 2.62 bits per heavy atom. The maximum Gasteiger partial charge on any atom is 0.243 e. The van der Waals surface area contributed by atoms with Gasteiger partial charge < -0.3 is 5.32 Å². The maximum absolute atomic E-state index is 13.1. The maximum atomic E-state index is 13.1. The number of aromatic nitrogens is 1. The van der Waals surface area contributed by atoms with E-state index in [2.05, 4.69) is 10.3 Å². The molecule has 6 heteroatoms. The van der Waals surface area contributed by atoms with E-state index in [-0.39, 0.29) is 0 Å². The number of sulfonamides is 1. The van der Waals surface area contributed by atoms with Crippen LogP contribution in [0.4, 0.5) is 0 Å². The molecule has 1 saturated heterocycles. The lowest BCUT2D eigenvalue weighted by Crippen LogP contribution is -2.45. The lowest BCUT2D eigenvalue weighted by molar-refractivity contribution is 0.288. The highest BCUT2D eigenvalue weighted by Crippen LogP contribution is 2.29. The first-order valence-corrected chi connectivity index (χ1v) is 10.2. The Balaban J connectivity index is 1.50. The van der Waals surface area contributed by atoms with Crippen LogP contribution in [0.25, 0.3) is 10.9 Å². The minimum Gasteiger partial charge on any atom is -0.314 e. The van der Waals surface area contributed by atoms with Crippen LogP contribution < -0.4 is 5.32 Å². The number of piperidine rings is 1. The fourth-order valence-corrected chi connectivity index (χ4v) is 5.07. The average Bonchev–Trinajstić information content (AvgIpc) is 3.44. The Labute approximate surface area is 143 Å². The molecule has 1 aliphatic carbocycles. The van der Waals surface area contributed by atoms with Gasteiger partial charge in [-0.15, -0.1) is 0 Å². The Kier molecular flexibility index (Phi) is 4.28. The van der Waals surface area contributed by atoms with Gasteiger partial charge in [0.1, 0.15) is 0 Å². The van der Waals surface area contributed by atoms with Gasteiger partial charge in [0.15, 0.2) is 0 Å². The van der Waals surface area contributed by atoms with Gasteiger partial charge in [0.2, 0.25) is 10.0 Å². The summed E-state index contributed by atoms with van der Waals surface area (Å²) in [4.78, 5) is 4.64. The summed E-state index contributed by atoms with van der Waals surface area (Å²) in [5.74, 6) is 0.856. The van der Waals surface area contributed by atoms with Gasteiger partial charge in [0, 0.05) is 30.7 Å². The number of benzene rings is 1. The molecule has 0 atom stereocenters. The van der Waals surface area contributed by atoms with Gasteiger partial charge in [-0.2, -0.15) is 4.31 Å². The van der Waals surface area contributed by atoms with Crippen LogP contribution in [0.1, 0.15) is 25.7 Å². The minimum absolute atomic E-state index is 0.373. The molecule has 4 rings (SSSR count). The molecule has 2 aliphatic rings. The molecule has 0 unspecified atom stereocenters. The number of hydrogen-bond acceptors (Lipinski definition) is 4. The zero-order valence-electron chi connectivity index (χ0n) is 13.7. The van der Waals surface area contributed by atoms with Gasteiger partial charge in [-0.25, -0.2) is 8.42 Å². The molecule has 2 aromatic rings. The monoisotopic (exact) mass is 345 g/mol. The summed E-state index contributed by atoms with van der Waals surface area (Å²) >= 11 is 0. The first-order chi connectivity index (χ1) is 11.6. The Bertz CT molecular complexity index is 820. The third-order valence-corrected chi connectivity index (χ3v) is 7.03. The van der Waals surface area contributed by atoms with Gasteiger partial charge in [0.05, 0.1) is 10.4 Å². The number of pyridine rings is 1. The van der Waals surface area contributed by atoms with E-state index >= 15 is 0 Å². The molecule has 1 aromatic heterocycles. The summed E-state index contributed by atoms with van der Waals surface area (Å²) in [6, 6.07) is 9.38. The van der Waals surface area contributed by atoms with Crippen molar-refractivity contribution in [1.82, 2.24) is 14.6 Å². The largest absolute Gasteiger partial charge is 0.314 e. The standard InChI is InChI=1S/C18H23N3O2S/c22-24(23,18-5-1-4-17-16(18)3-2-10-19-17)21-11-8-15(9-12-21)20-13-14-6-7-14/h1-5,10,14-15,20H,6-9,11-13H2. The minimum atomic E-state index is -3.47. The van der Waals surface area contributed by atoms with E-state index in [0.29, 0.717) is 29.4 Å². The zero-order valence-corrected chi connectivity index (χ0v) is 14.5. The number of nitrogens with one attached hydrogen (secondary N) is 1. The Morgan fingerprint density at radius 2 is 1.88 bits per heavy atom. The summed E-state index contributed by atoms with van der Waals surface area (Å²) in [6.07, 6.45) is 6.14. The molecule has 128 valence electrons. The molecule has 0 amide bonds. The van der Waals surface area contributed by atoms with Crippen LogP contribution in [0.2, 0.25) is 0 Å². The fraction of sp³-hybridized carbons (Fsp3) is 0.500. The molecule has 2 fully saturated rings. The van der Waals surface area contributed by atoms with Gasteiger partial charge in [0.25, 0.3) is 0 Å². The van der Waals surface area contributed by atoms with Gasteiger partial charge in [-0.1, -0.05) is 6.07 Å². The number of hydrogen-bond donors (Lipinski definition) is 1. The van der Waals surface area contributed by atoms with Crippen LogP contribution in [0.15, 0.2) is 41.4 Å². The molecule has 1 saturated carbocycles. The number of nitrogens with zero attached hydrogens (tertiary/aromatic N) is 2. The molecule has 1 aliphatic heterocycles. The van der Waals surface area contributed by atoms with Crippen LogP contribution in [-0.4, -0.2) is 43.4 Å². The molecule has 5 nitrogen and oxygen atoms in total. The lowest BCUT2D eigenvalue weighted by atomic mass is 10.1. The molecule has 0 spiro atoms. The second-order valence-electron chi connectivity index (χ2n) is 6.86. The van der Waals surface area contributed by atoms with Crippen LogP contribution in [0.3, 0.4) is 0 Å². The zero-order chi connectivity index (χ0) is 16.6. The molecule has 1 N–H and O–H groups in total. The second-order valence-corrected chi connectivity index (χ2v) is 8.76. The van der Waals surface area contributed by atoms with Crippen molar-refractivity contribution in [2.24, 2.45) is 5.92 Å². The topological polar surface area (TPSA) is 62.3 Å². The number of fused-ring (bicyclic) bond motifs is 1. The van der Waals surface area contributed by atoms with Crippen LogP contribution in [0, 0.1) is 5.92 Å². The van der Waals surface area contributed by atoms with Crippen LogP contribution >= 0.6 is 0 Å². The first kappa shape index (κ1) is 16.0. The second kappa shape index (κ2) is 6.43. The van der Waals surface area contributed by atoms with Crippen molar-refractivity contribution in [2.75, 3.05) is 19.6 Å². The first-order valence-electron chi connectivity index (χ1n) is 8.72. The van der Waals surface area contributed by atoms with E-state index < -0.39 is 10.0 Å². The SMILES string of the molecule is O=S(=O)(c1cccc2ncccc12)N1CCC(NCC2CC2)CC1. The molecule has 2 heterocycles. The highest BCUT2D eigenvalue weighted by Gasteiger charge is 2.31. The van der Waals surface area contributed by atoms with Crippen LogP contribution in [-0.2, 0) is 10.0 Å². The molecular formula is C18H23N3O2S.